The fourth-order valence-corrected chi connectivity index (χ4v) is 4.47. The van der Waals surface area contributed by atoms with Crippen LogP contribution in [0.2, 0.25) is 0 Å². The molecule has 0 saturated heterocycles. The Kier molecular flexibility index (Phi) is 5.44. The quantitative estimate of drug-likeness (QED) is 0.646. The summed E-state index contributed by atoms with van der Waals surface area (Å²) in [4.78, 5) is 22.8. The van der Waals surface area contributed by atoms with Crippen LogP contribution >= 0.6 is 0 Å². The summed E-state index contributed by atoms with van der Waals surface area (Å²) in [5, 5.41) is 3.06. The first kappa shape index (κ1) is 19.4. The van der Waals surface area contributed by atoms with Gasteiger partial charge >= 0.3 is 0 Å². The second kappa shape index (κ2) is 8.68. The van der Waals surface area contributed by atoms with Crippen molar-refractivity contribution in [3.63, 3.8) is 0 Å². The molecule has 0 saturated carbocycles. The number of aromatic nitrogens is 2. The minimum Gasteiger partial charge on any atom is -0.309 e. The maximum atomic E-state index is 12.8. The highest BCUT2D eigenvalue weighted by Crippen LogP contribution is 2.39. The van der Waals surface area contributed by atoms with Crippen LogP contribution < -0.4 is 5.32 Å². The molecule has 154 valence electrons. The summed E-state index contributed by atoms with van der Waals surface area (Å²) in [6, 6.07) is 20.0. The van der Waals surface area contributed by atoms with Crippen molar-refractivity contribution in [3.8, 4) is 0 Å². The number of nitrogens with one attached hydrogen (secondary N) is 1. The third kappa shape index (κ3) is 4.33. The standard InChI is InChI=1S/C27H25N3O/c31-25(18-20-11-5-2-6-12-20)30-27-24(17-19-9-3-1-4-10-19)28-26-22-14-8-7-13-21(22)15-16-23(26)29-27/h1-14,21-22H,15-18H2,(H,29,30,31). The largest absolute Gasteiger partial charge is 0.309 e. The molecule has 2 aromatic carbocycles. The van der Waals surface area contributed by atoms with E-state index in [9.17, 15) is 4.79 Å². The minimum atomic E-state index is -0.0658. The second-order valence-electron chi connectivity index (χ2n) is 8.22. The summed E-state index contributed by atoms with van der Waals surface area (Å²) in [5.74, 6) is 1.28. The van der Waals surface area contributed by atoms with Gasteiger partial charge in [0, 0.05) is 12.3 Å². The van der Waals surface area contributed by atoms with Gasteiger partial charge in [-0.2, -0.15) is 0 Å². The number of carbonyl (C=O) groups is 1. The molecule has 2 atom stereocenters. The molecule has 1 aromatic heterocycles. The first-order chi connectivity index (χ1) is 15.3. The van der Waals surface area contributed by atoms with E-state index in [1.54, 1.807) is 0 Å². The van der Waals surface area contributed by atoms with Crippen molar-refractivity contribution in [2.45, 2.75) is 31.6 Å². The van der Waals surface area contributed by atoms with Gasteiger partial charge in [-0.15, -0.1) is 0 Å². The van der Waals surface area contributed by atoms with Gasteiger partial charge in [0.15, 0.2) is 5.82 Å². The minimum absolute atomic E-state index is 0.0658. The molecule has 2 aliphatic rings. The number of amides is 1. The number of hydrogen-bond acceptors (Lipinski definition) is 3. The van der Waals surface area contributed by atoms with E-state index in [0.29, 0.717) is 24.6 Å². The van der Waals surface area contributed by atoms with Crippen molar-refractivity contribution in [3.05, 3.63) is 113 Å². The zero-order chi connectivity index (χ0) is 21.0. The Labute approximate surface area is 182 Å². The van der Waals surface area contributed by atoms with Gasteiger partial charge in [0.25, 0.3) is 0 Å². The van der Waals surface area contributed by atoms with Crippen LogP contribution in [0.4, 0.5) is 5.82 Å². The lowest BCUT2D eigenvalue weighted by Crippen LogP contribution is -2.25. The third-order valence-corrected chi connectivity index (χ3v) is 6.03. The van der Waals surface area contributed by atoms with E-state index >= 15 is 0 Å². The highest BCUT2D eigenvalue weighted by atomic mass is 16.1. The molecule has 0 fully saturated rings. The Morgan fingerprint density at radius 1 is 0.903 bits per heavy atom. The lowest BCUT2D eigenvalue weighted by molar-refractivity contribution is -0.115. The maximum Gasteiger partial charge on any atom is 0.229 e. The van der Waals surface area contributed by atoms with Crippen molar-refractivity contribution in [1.82, 2.24) is 9.97 Å². The van der Waals surface area contributed by atoms with Crippen LogP contribution in [0.3, 0.4) is 0 Å². The SMILES string of the molecule is O=C(Cc1ccccc1)Nc1nc2c(nc1Cc1ccccc1)C1C=CC=CC1CC2. The van der Waals surface area contributed by atoms with Gasteiger partial charge in [-0.25, -0.2) is 4.98 Å². The Bertz CT molecular complexity index is 1140. The summed E-state index contributed by atoms with van der Waals surface area (Å²) in [5.41, 5.74) is 5.03. The molecular weight excluding hydrogens is 382 g/mol. The first-order valence-electron chi connectivity index (χ1n) is 10.9. The molecule has 0 bridgehead atoms. The molecule has 0 aliphatic heterocycles. The summed E-state index contributed by atoms with van der Waals surface area (Å²) in [7, 11) is 0. The van der Waals surface area contributed by atoms with Crippen molar-refractivity contribution >= 4 is 11.7 Å². The average molecular weight is 408 g/mol. The highest BCUT2D eigenvalue weighted by Gasteiger charge is 2.31. The predicted octanol–water partition coefficient (Wildman–Crippen LogP) is 5.02. The molecular formula is C27H25N3O. The number of aryl methyl sites for hydroxylation is 1. The molecule has 0 radical (unpaired) electrons. The summed E-state index contributed by atoms with van der Waals surface area (Å²) >= 11 is 0. The number of hydrogen-bond donors (Lipinski definition) is 1. The normalized spacial score (nSPS) is 18.8. The van der Waals surface area contributed by atoms with Crippen molar-refractivity contribution in [2.75, 3.05) is 5.32 Å². The number of nitrogens with zero attached hydrogens (tertiary/aromatic N) is 2. The second-order valence-corrected chi connectivity index (χ2v) is 8.22. The van der Waals surface area contributed by atoms with E-state index in [4.69, 9.17) is 9.97 Å². The topological polar surface area (TPSA) is 54.9 Å². The molecule has 4 nitrogen and oxygen atoms in total. The summed E-state index contributed by atoms with van der Waals surface area (Å²) in [6.45, 7) is 0. The maximum absolute atomic E-state index is 12.8. The van der Waals surface area contributed by atoms with Gasteiger partial charge in [0.1, 0.15) is 0 Å². The lowest BCUT2D eigenvalue weighted by atomic mass is 9.77. The van der Waals surface area contributed by atoms with Gasteiger partial charge < -0.3 is 5.32 Å². The number of anilines is 1. The number of allylic oxidation sites excluding steroid dienone is 4. The van der Waals surface area contributed by atoms with Crippen LogP contribution in [-0.2, 0) is 24.1 Å². The van der Waals surface area contributed by atoms with Gasteiger partial charge in [-0.1, -0.05) is 85.0 Å². The van der Waals surface area contributed by atoms with E-state index in [-0.39, 0.29) is 11.8 Å². The third-order valence-electron chi connectivity index (χ3n) is 6.03. The first-order valence-corrected chi connectivity index (χ1v) is 10.9. The predicted molar refractivity (Wildman–Crippen MR) is 123 cm³/mol. The Morgan fingerprint density at radius 3 is 2.39 bits per heavy atom. The number of benzene rings is 2. The van der Waals surface area contributed by atoms with Crippen LogP contribution in [0, 0.1) is 5.92 Å². The number of rotatable bonds is 5. The molecule has 1 N–H and O–H groups in total. The Morgan fingerprint density at radius 2 is 1.61 bits per heavy atom. The average Bonchev–Trinajstić information content (AvgIpc) is 2.81. The number of carbonyl (C=O) groups excluding carboxylic acids is 1. The molecule has 4 heteroatoms. The molecule has 2 unspecified atom stereocenters. The lowest BCUT2D eigenvalue weighted by Gasteiger charge is -2.30. The van der Waals surface area contributed by atoms with E-state index in [2.05, 4.69) is 41.8 Å². The Hall–Kier alpha value is -3.53. The molecule has 1 heterocycles. The summed E-state index contributed by atoms with van der Waals surface area (Å²) < 4.78 is 0. The van der Waals surface area contributed by atoms with Crippen molar-refractivity contribution < 1.29 is 4.79 Å². The van der Waals surface area contributed by atoms with Gasteiger partial charge in [0.2, 0.25) is 5.91 Å². The van der Waals surface area contributed by atoms with Crippen LogP contribution in [0.1, 0.15) is 40.5 Å². The highest BCUT2D eigenvalue weighted by molar-refractivity contribution is 5.92. The smallest absolute Gasteiger partial charge is 0.229 e. The molecule has 3 aromatic rings. The van der Waals surface area contributed by atoms with Crippen LogP contribution in [-0.4, -0.2) is 15.9 Å². The zero-order valence-electron chi connectivity index (χ0n) is 17.4. The van der Waals surface area contributed by atoms with Crippen LogP contribution in [0.5, 0.6) is 0 Å². The van der Waals surface area contributed by atoms with Crippen molar-refractivity contribution in [2.24, 2.45) is 5.92 Å². The zero-order valence-corrected chi connectivity index (χ0v) is 17.4. The van der Waals surface area contributed by atoms with E-state index in [1.165, 1.54) is 0 Å². The molecule has 2 aliphatic carbocycles. The van der Waals surface area contributed by atoms with Gasteiger partial charge in [-0.05, 0) is 29.9 Å². The molecule has 5 rings (SSSR count). The monoisotopic (exact) mass is 407 g/mol. The molecule has 31 heavy (non-hydrogen) atoms. The fraction of sp³-hybridized carbons (Fsp3) is 0.222. The van der Waals surface area contributed by atoms with E-state index in [1.807, 2.05) is 48.5 Å². The van der Waals surface area contributed by atoms with Gasteiger partial charge in [0.05, 0.1) is 23.5 Å². The Balaban J connectivity index is 1.48. The van der Waals surface area contributed by atoms with Gasteiger partial charge in [-0.3, -0.25) is 9.78 Å². The number of fused-ring (bicyclic) bond motifs is 3. The van der Waals surface area contributed by atoms with E-state index < -0.39 is 0 Å². The van der Waals surface area contributed by atoms with E-state index in [0.717, 1.165) is 41.1 Å². The summed E-state index contributed by atoms with van der Waals surface area (Å²) in [6.07, 6.45) is 11.6. The fourth-order valence-electron chi connectivity index (χ4n) is 4.47. The molecule has 0 spiro atoms. The van der Waals surface area contributed by atoms with Crippen LogP contribution in [0.15, 0.2) is 85.0 Å². The van der Waals surface area contributed by atoms with Crippen LogP contribution in [0.25, 0.3) is 0 Å². The molecule has 1 amide bonds. The van der Waals surface area contributed by atoms with Crippen molar-refractivity contribution in [1.29, 1.82) is 0 Å².